The highest BCUT2D eigenvalue weighted by atomic mass is 35.5. The van der Waals surface area contributed by atoms with Crippen LogP contribution < -0.4 is 9.80 Å². The lowest BCUT2D eigenvalue weighted by atomic mass is 10.2. The molecule has 3 rings (SSSR count). The number of pyridine rings is 1. The van der Waals surface area contributed by atoms with Crippen molar-refractivity contribution in [2.24, 2.45) is 0 Å². The lowest BCUT2D eigenvalue weighted by Gasteiger charge is -2.26. The van der Waals surface area contributed by atoms with Crippen LogP contribution in [-0.2, 0) is 11.3 Å². The van der Waals surface area contributed by atoms with E-state index in [1.807, 2.05) is 29.2 Å². The molecule has 0 spiro atoms. The van der Waals surface area contributed by atoms with E-state index in [0.717, 1.165) is 30.0 Å². The van der Waals surface area contributed by atoms with Gasteiger partial charge in [-0.3, -0.25) is 9.78 Å². The van der Waals surface area contributed by atoms with Gasteiger partial charge in [-0.1, -0.05) is 35.3 Å². The molecule has 0 atom stereocenters. The zero-order valence-electron chi connectivity index (χ0n) is 12.8. The lowest BCUT2D eigenvalue weighted by Crippen LogP contribution is -2.28. The molecule has 1 aromatic carbocycles. The molecule has 0 saturated carbocycles. The highest BCUT2D eigenvalue weighted by Crippen LogP contribution is 2.33. The minimum Gasteiger partial charge on any atom is -0.364 e. The number of amides is 1. The Labute approximate surface area is 145 Å². The first-order chi connectivity index (χ1) is 11.1. The molecule has 0 bridgehead atoms. The number of carbonyl (C=O) groups excluding carboxylic acids is 1. The van der Waals surface area contributed by atoms with Crippen molar-refractivity contribution < 1.29 is 4.79 Å². The molecule has 1 amide bonds. The van der Waals surface area contributed by atoms with E-state index < -0.39 is 0 Å². The number of rotatable bonds is 2. The number of fused-ring (bicyclic) bond motifs is 1. The normalized spacial score (nSPS) is 14.4. The predicted molar refractivity (Wildman–Crippen MR) is 94.4 cm³/mol. The van der Waals surface area contributed by atoms with Crippen molar-refractivity contribution >= 4 is 40.5 Å². The van der Waals surface area contributed by atoms with Gasteiger partial charge in [0.25, 0.3) is 0 Å². The Kier molecular flexibility index (Phi) is 4.74. The van der Waals surface area contributed by atoms with E-state index in [4.69, 9.17) is 23.2 Å². The average molecular weight is 350 g/mol. The van der Waals surface area contributed by atoms with Gasteiger partial charge in [0.2, 0.25) is 5.91 Å². The van der Waals surface area contributed by atoms with Crippen LogP contribution in [0.25, 0.3) is 0 Å². The molecule has 0 unspecified atom stereocenters. The number of carbonyl (C=O) groups is 1. The standard InChI is InChI=1S/C17H17Cl2N3O/c1-12(23)22-8-4-7-21(16-5-2-3-6-17(16)22)11-15-14(19)9-13(18)10-20-15/h2-3,5-6,9-10H,4,7-8,11H2,1H3. The van der Waals surface area contributed by atoms with Crippen molar-refractivity contribution in [3.63, 3.8) is 0 Å². The molecule has 120 valence electrons. The second-order valence-corrected chi connectivity index (χ2v) is 6.36. The third kappa shape index (κ3) is 3.43. The monoisotopic (exact) mass is 349 g/mol. The molecule has 0 N–H and O–H groups in total. The first kappa shape index (κ1) is 16.1. The summed E-state index contributed by atoms with van der Waals surface area (Å²) in [5.74, 6) is 0.0574. The van der Waals surface area contributed by atoms with Crippen LogP contribution >= 0.6 is 23.2 Å². The molecular weight excluding hydrogens is 333 g/mol. The smallest absolute Gasteiger partial charge is 0.223 e. The van der Waals surface area contributed by atoms with Gasteiger partial charge in [-0.25, -0.2) is 0 Å². The fourth-order valence-electron chi connectivity index (χ4n) is 2.85. The molecule has 0 fully saturated rings. The maximum absolute atomic E-state index is 11.9. The third-order valence-corrected chi connectivity index (χ3v) is 4.46. The van der Waals surface area contributed by atoms with Crippen molar-refractivity contribution in [1.82, 2.24) is 4.98 Å². The highest BCUT2D eigenvalue weighted by Gasteiger charge is 2.23. The van der Waals surface area contributed by atoms with Crippen LogP contribution in [0.3, 0.4) is 0 Å². The summed E-state index contributed by atoms with van der Waals surface area (Å²) in [4.78, 5) is 20.3. The summed E-state index contributed by atoms with van der Waals surface area (Å²) in [6, 6.07) is 9.64. The van der Waals surface area contributed by atoms with E-state index in [-0.39, 0.29) is 5.91 Å². The molecule has 1 aliphatic heterocycles. The minimum atomic E-state index is 0.0574. The first-order valence-electron chi connectivity index (χ1n) is 7.48. The molecule has 2 aromatic rings. The van der Waals surface area contributed by atoms with Crippen LogP contribution in [0.15, 0.2) is 36.5 Å². The second kappa shape index (κ2) is 6.77. The molecule has 2 heterocycles. The number of benzene rings is 1. The van der Waals surface area contributed by atoms with E-state index in [1.165, 1.54) is 0 Å². The summed E-state index contributed by atoms with van der Waals surface area (Å²) in [5.41, 5.74) is 2.73. The largest absolute Gasteiger partial charge is 0.364 e. The fourth-order valence-corrected chi connectivity index (χ4v) is 3.29. The average Bonchev–Trinajstić information content (AvgIpc) is 2.70. The number of hydrogen-bond acceptors (Lipinski definition) is 3. The topological polar surface area (TPSA) is 36.4 Å². The Balaban J connectivity index is 1.96. The number of anilines is 2. The van der Waals surface area contributed by atoms with Crippen LogP contribution in [0, 0.1) is 0 Å². The van der Waals surface area contributed by atoms with Crippen molar-refractivity contribution in [2.75, 3.05) is 22.9 Å². The van der Waals surface area contributed by atoms with Gasteiger partial charge in [0.05, 0.1) is 33.7 Å². The Morgan fingerprint density at radius 2 is 1.96 bits per heavy atom. The minimum absolute atomic E-state index is 0.0574. The second-order valence-electron chi connectivity index (χ2n) is 5.52. The Bertz CT molecular complexity index is 736. The van der Waals surface area contributed by atoms with Gasteiger partial charge in [0, 0.05) is 26.2 Å². The summed E-state index contributed by atoms with van der Waals surface area (Å²) in [6.07, 6.45) is 2.49. The fraction of sp³-hybridized carbons (Fsp3) is 0.294. The Morgan fingerprint density at radius 1 is 1.22 bits per heavy atom. The molecule has 0 saturated heterocycles. The molecule has 1 aromatic heterocycles. The predicted octanol–water partition coefficient (Wildman–Crippen LogP) is 4.15. The SMILES string of the molecule is CC(=O)N1CCCN(Cc2ncc(Cl)cc2Cl)c2ccccc21. The van der Waals surface area contributed by atoms with Crippen LogP contribution in [-0.4, -0.2) is 24.0 Å². The van der Waals surface area contributed by atoms with Gasteiger partial charge < -0.3 is 9.80 Å². The van der Waals surface area contributed by atoms with Crippen molar-refractivity contribution in [3.8, 4) is 0 Å². The number of nitrogens with zero attached hydrogens (tertiary/aromatic N) is 3. The van der Waals surface area contributed by atoms with Gasteiger partial charge in [-0.15, -0.1) is 0 Å². The van der Waals surface area contributed by atoms with E-state index >= 15 is 0 Å². The molecule has 4 nitrogen and oxygen atoms in total. The first-order valence-corrected chi connectivity index (χ1v) is 8.24. The maximum atomic E-state index is 11.9. The number of hydrogen-bond donors (Lipinski definition) is 0. The Morgan fingerprint density at radius 3 is 2.65 bits per heavy atom. The van der Waals surface area contributed by atoms with E-state index in [1.54, 1.807) is 19.2 Å². The summed E-state index contributed by atoms with van der Waals surface area (Å²) in [6.45, 7) is 3.73. The van der Waals surface area contributed by atoms with Crippen LogP contribution in [0.5, 0.6) is 0 Å². The third-order valence-electron chi connectivity index (χ3n) is 3.93. The van der Waals surface area contributed by atoms with Crippen molar-refractivity contribution in [1.29, 1.82) is 0 Å². The molecule has 1 aliphatic rings. The van der Waals surface area contributed by atoms with Gasteiger partial charge in [-0.05, 0) is 24.6 Å². The summed E-state index contributed by atoms with van der Waals surface area (Å²) in [5, 5.41) is 1.08. The zero-order chi connectivity index (χ0) is 16.4. The van der Waals surface area contributed by atoms with E-state index in [2.05, 4.69) is 9.88 Å². The number of para-hydroxylation sites is 2. The molecule has 0 aliphatic carbocycles. The van der Waals surface area contributed by atoms with Crippen molar-refractivity contribution in [2.45, 2.75) is 19.9 Å². The highest BCUT2D eigenvalue weighted by molar-refractivity contribution is 6.34. The Hall–Kier alpha value is -1.78. The zero-order valence-corrected chi connectivity index (χ0v) is 14.3. The summed E-state index contributed by atoms with van der Waals surface area (Å²) < 4.78 is 0. The van der Waals surface area contributed by atoms with Crippen LogP contribution in [0.4, 0.5) is 11.4 Å². The van der Waals surface area contributed by atoms with Gasteiger partial charge in [0.1, 0.15) is 0 Å². The maximum Gasteiger partial charge on any atom is 0.223 e. The molecular formula is C17H17Cl2N3O. The van der Waals surface area contributed by atoms with Crippen LogP contribution in [0.1, 0.15) is 19.0 Å². The van der Waals surface area contributed by atoms with Crippen molar-refractivity contribution in [3.05, 3.63) is 52.3 Å². The lowest BCUT2D eigenvalue weighted by molar-refractivity contribution is -0.116. The molecule has 23 heavy (non-hydrogen) atoms. The van der Waals surface area contributed by atoms with Gasteiger partial charge >= 0.3 is 0 Å². The van der Waals surface area contributed by atoms with Crippen LogP contribution in [0.2, 0.25) is 10.0 Å². The number of halogens is 2. The molecule has 6 heteroatoms. The van der Waals surface area contributed by atoms with E-state index in [0.29, 0.717) is 23.1 Å². The summed E-state index contributed by atoms with van der Waals surface area (Å²) in [7, 11) is 0. The quantitative estimate of drug-likeness (QED) is 0.816. The van der Waals surface area contributed by atoms with Gasteiger partial charge in [-0.2, -0.15) is 0 Å². The number of aromatic nitrogens is 1. The summed E-state index contributed by atoms with van der Waals surface area (Å²) >= 11 is 12.2. The van der Waals surface area contributed by atoms with E-state index in [9.17, 15) is 4.79 Å². The van der Waals surface area contributed by atoms with Gasteiger partial charge in [0.15, 0.2) is 0 Å². The molecule has 0 radical (unpaired) electrons.